The molecule has 1 saturated heterocycles. The molecule has 2 heterocycles. The van der Waals surface area contributed by atoms with Gasteiger partial charge in [-0.3, -0.25) is 9.58 Å². The van der Waals surface area contributed by atoms with Crippen molar-refractivity contribution in [2.24, 2.45) is 0 Å². The van der Waals surface area contributed by atoms with E-state index in [0.717, 1.165) is 30.2 Å². The summed E-state index contributed by atoms with van der Waals surface area (Å²) in [5.41, 5.74) is 8.45. The van der Waals surface area contributed by atoms with Crippen LogP contribution in [0.15, 0.2) is 0 Å². The summed E-state index contributed by atoms with van der Waals surface area (Å²) < 4.78 is 1.83. The van der Waals surface area contributed by atoms with Gasteiger partial charge in [0, 0.05) is 19.1 Å². The third kappa shape index (κ3) is 3.96. The fourth-order valence-electron chi connectivity index (χ4n) is 3.18. The highest BCUT2D eigenvalue weighted by atomic mass is 16.3. The standard InChI is InChI=1S/C15H29N5O/c1-11-15(16)12(2)20(17-11)10-14(21)9-19-7-5-6-13(19)8-18(3)4/h13-14,21H,5-10,16H2,1-4H3. The molecule has 1 fully saturated rings. The predicted octanol–water partition coefficient (Wildman–Crippen LogP) is 0.469. The van der Waals surface area contributed by atoms with Crippen LogP contribution in [0.4, 0.5) is 5.69 Å². The molecule has 2 rings (SSSR count). The minimum Gasteiger partial charge on any atom is -0.396 e. The van der Waals surface area contributed by atoms with Crippen LogP contribution >= 0.6 is 0 Å². The molecule has 1 aliphatic rings. The number of aryl methyl sites for hydroxylation is 1. The summed E-state index contributed by atoms with van der Waals surface area (Å²) in [5, 5.41) is 14.8. The molecule has 0 saturated carbocycles. The number of aliphatic hydroxyl groups is 1. The fraction of sp³-hybridized carbons (Fsp3) is 0.800. The molecule has 21 heavy (non-hydrogen) atoms. The predicted molar refractivity (Wildman–Crippen MR) is 85.3 cm³/mol. The van der Waals surface area contributed by atoms with Crippen molar-refractivity contribution in [2.75, 3.05) is 39.5 Å². The zero-order valence-electron chi connectivity index (χ0n) is 13.7. The number of rotatable bonds is 6. The molecule has 0 bridgehead atoms. The van der Waals surface area contributed by atoms with Gasteiger partial charge >= 0.3 is 0 Å². The molecule has 6 nitrogen and oxygen atoms in total. The van der Waals surface area contributed by atoms with Gasteiger partial charge in [-0.2, -0.15) is 5.10 Å². The molecule has 0 spiro atoms. The molecule has 2 unspecified atom stereocenters. The lowest BCUT2D eigenvalue weighted by molar-refractivity contribution is 0.0825. The Morgan fingerprint density at radius 2 is 2.10 bits per heavy atom. The summed E-state index contributed by atoms with van der Waals surface area (Å²) in [4.78, 5) is 4.62. The summed E-state index contributed by atoms with van der Waals surface area (Å²) in [6.45, 7) is 7.20. The van der Waals surface area contributed by atoms with Crippen molar-refractivity contribution in [3.05, 3.63) is 11.4 Å². The Kier molecular flexibility index (Phi) is 5.24. The van der Waals surface area contributed by atoms with Crippen LogP contribution in [0.2, 0.25) is 0 Å². The molecular weight excluding hydrogens is 266 g/mol. The molecule has 2 atom stereocenters. The molecular formula is C15H29N5O. The number of hydrogen-bond acceptors (Lipinski definition) is 5. The summed E-state index contributed by atoms with van der Waals surface area (Å²) in [6.07, 6.45) is 2.03. The van der Waals surface area contributed by atoms with Crippen LogP contribution in [-0.2, 0) is 6.54 Å². The van der Waals surface area contributed by atoms with E-state index in [2.05, 4.69) is 29.0 Å². The first-order chi connectivity index (χ1) is 9.88. The number of hydrogen-bond donors (Lipinski definition) is 2. The first-order valence-electron chi connectivity index (χ1n) is 7.74. The van der Waals surface area contributed by atoms with Gasteiger partial charge in [-0.15, -0.1) is 0 Å². The normalized spacial score (nSPS) is 21.3. The van der Waals surface area contributed by atoms with Crippen molar-refractivity contribution in [1.82, 2.24) is 19.6 Å². The van der Waals surface area contributed by atoms with Crippen molar-refractivity contribution >= 4 is 5.69 Å². The van der Waals surface area contributed by atoms with Crippen molar-refractivity contribution in [1.29, 1.82) is 0 Å². The lowest BCUT2D eigenvalue weighted by atomic mass is 10.2. The number of nitrogens with zero attached hydrogens (tertiary/aromatic N) is 4. The van der Waals surface area contributed by atoms with E-state index in [4.69, 9.17) is 5.73 Å². The fourth-order valence-corrected chi connectivity index (χ4v) is 3.18. The quantitative estimate of drug-likeness (QED) is 0.798. The number of nitrogen functional groups attached to an aromatic ring is 1. The number of β-amino-alcohol motifs (C(OH)–C–C–N with tert-alkyl or cyclic N) is 1. The van der Waals surface area contributed by atoms with Gasteiger partial charge in [0.2, 0.25) is 0 Å². The molecule has 0 aliphatic carbocycles. The monoisotopic (exact) mass is 295 g/mol. The first kappa shape index (κ1) is 16.3. The molecule has 120 valence electrons. The van der Waals surface area contributed by atoms with Gasteiger partial charge < -0.3 is 15.7 Å². The summed E-state index contributed by atoms with van der Waals surface area (Å²) in [5.74, 6) is 0. The van der Waals surface area contributed by atoms with Crippen LogP contribution in [0.5, 0.6) is 0 Å². The van der Waals surface area contributed by atoms with Crippen molar-refractivity contribution in [3.63, 3.8) is 0 Å². The van der Waals surface area contributed by atoms with Crippen LogP contribution in [0.1, 0.15) is 24.2 Å². The Balaban J connectivity index is 1.91. The third-order valence-electron chi connectivity index (χ3n) is 4.34. The Morgan fingerprint density at radius 3 is 2.67 bits per heavy atom. The molecule has 1 aromatic rings. The maximum atomic E-state index is 10.4. The minimum absolute atomic E-state index is 0.412. The van der Waals surface area contributed by atoms with Gasteiger partial charge in [0.25, 0.3) is 0 Å². The molecule has 1 aromatic heterocycles. The maximum Gasteiger partial charge on any atom is 0.0862 e. The van der Waals surface area contributed by atoms with Gasteiger partial charge in [-0.05, 0) is 47.3 Å². The van der Waals surface area contributed by atoms with E-state index in [1.165, 1.54) is 12.8 Å². The van der Waals surface area contributed by atoms with E-state index >= 15 is 0 Å². The highest BCUT2D eigenvalue weighted by Crippen LogP contribution is 2.19. The molecule has 0 amide bonds. The van der Waals surface area contributed by atoms with Crippen LogP contribution in [0.3, 0.4) is 0 Å². The van der Waals surface area contributed by atoms with Crippen LogP contribution < -0.4 is 5.73 Å². The molecule has 1 aliphatic heterocycles. The Morgan fingerprint density at radius 1 is 1.38 bits per heavy atom. The Labute approximate surface area is 127 Å². The van der Waals surface area contributed by atoms with E-state index in [9.17, 15) is 5.11 Å². The van der Waals surface area contributed by atoms with Crippen molar-refractivity contribution < 1.29 is 5.11 Å². The lowest BCUT2D eigenvalue weighted by Gasteiger charge is -2.28. The molecule has 6 heteroatoms. The smallest absolute Gasteiger partial charge is 0.0862 e. The van der Waals surface area contributed by atoms with Crippen molar-refractivity contribution in [2.45, 2.75) is 45.4 Å². The van der Waals surface area contributed by atoms with E-state index in [-0.39, 0.29) is 0 Å². The number of likely N-dealkylation sites (tertiary alicyclic amines) is 1. The number of aliphatic hydroxyl groups excluding tert-OH is 1. The van der Waals surface area contributed by atoms with Gasteiger partial charge in [-0.1, -0.05) is 0 Å². The highest BCUT2D eigenvalue weighted by molar-refractivity contribution is 5.46. The van der Waals surface area contributed by atoms with E-state index < -0.39 is 6.10 Å². The molecule has 3 N–H and O–H groups in total. The Bertz CT molecular complexity index is 471. The van der Waals surface area contributed by atoms with Gasteiger partial charge in [0.1, 0.15) is 0 Å². The maximum absolute atomic E-state index is 10.4. The van der Waals surface area contributed by atoms with Crippen LogP contribution in [0.25, 0.3) is 0 Å². The average Bonchev–Trinajstić information content (AvgIpc) is 2.90. The van der Waals surface area contributed by atoms with Gasteiger partial charge in [0.15, 0.2) is 0 Å². The first-order valence-corrected chi connectivity index (χ1v) is 7.74. The van der Waals surface area contributed by atoms with Crippen LogP contribution in [-0.4, -0.2) is 70.6 Å². The van der Waals surface area contributed by atoms with Crippen molar-refractivity contribution in [3.8, 4) is 0 Å². The SMILES string of the molecule is Cc1nn(CC(O)CN2CCCC2CN(C)C)c(C)c1N. The zero-order valence-corrected chi connectivity index (χ0v) is 13.7. The second-order valence-electron chi connectivity index (χ2n) is 6.47. The summed E-state index contributed by atoms with van der Waals surface area (Å²) in [6, 6.07) is 0.556. The molecule has 0 radical (unpaired) electrons. The number of aromatic nitrogens is 2. The topological polar surface area (TPSA) is 70.5 Å². The highest BCUT2D eigenvalue weighted by Gasteiger charge is 2.27. The number of likely N-dealkylation sites (N-methyl/N-ethyl adjacent to an activating group) is 1. The number of nitrogens with two attached hydrogens (primary N) is 1. The van der Waals surface area contributed by atoms with Crippen LogP contribution in [0, 0.1) is 13.8 Å². The summed E-state index contributed by atoms with van der Waals surface area (Å²) >= 11 is 0. The van der Waals surface area contributed by atoms with Gasteiger partial charge in [0.05, 0.1) is 29.7 Å². The second-order valence-corrected chi connectivity index (χ2v) is 6.47. The number of anilines is 1. The average molecular weight is 295 g/mol. The molecule has 0 aromatic carbocycles. The van der Waals surface area contributed by atoms with E-state index in [1.54, 1.807) is 0 Å². The van der Waals surface area contributed by atoms with Gasteiger partial charge in [-0.25, -0.2) is 0 Å². The van der Waals surface area contributed by atoms with E-state index in [1.807, 2.05) is 18.5 Å². The largest absolute Gasteiger partial charge is 0.396 e. The summed E-state index contributed by atoms with van der Waals surface area (Å²) in [7, 11) is 4.21. The Hall–Kier alpha value is -1.11. The zero-order chi connectivity index (χ0) is 15.6. The minimum atomic E-state index is -0.412. The lowest BCUT2D eigenvalue weighted by Crippen LogP contribution is -2.42. The third-order valence-corrected chi connectivity index (χ3v) is 4.34. The second kappa shape index (κ2) is 6.77. The van der Waals surface area contributed by atoms with E-state index in [0.29, 0.717) is 19.1 Å².